The molecule has 2 fully saturated rings. The van der Waals surface area contributed by atoms with Crippen molar-refractivity contribution < 1.29 is 19.4 Å². The van der Waals surface area contributed by atoms with Gasteiger partial charge in [0.2, 0.25) is 5.91 Å². The number of carboxylic acid groups (broad SMARTS) is 1. The molecule has 0 unspecified atom stereocenters. The summed E-state index contributed by atoms with van der Waals surface area (Å²) in [4.78, 5) is 25.8. The standard InChI is InChI=1S/C17H17NO4/c1-2-10-3-5-11(6-4-10)18-9-17-8-7-12(22-17)13(16(20)21)14(17)15(18)19/h3-8,12-14H,2,9H2,1H3,(H,20,21)/p-1/t12-,13-,14-,17+/m0/s1. The largest absolute Gasteiger partial charge is 0.550 e. The van der Waals surface area contributed by atoms with Gasteiger partial charge in [0.05, 0.1) is 18.6 Å². The van der Waals surface area contributed by atoms with Gasteiger partial charge in [0.1, 0.15) is 5.60 Å². The summed E-state index contributed by atoms with van der Waals surface area (Å²) in [5.74, 6) is -2.97. The van der Waals surface area contributed by atoms with Crippen LogP contribution in [-0.2, 0) is 20.7 Å². The molecule has 1 amide bonds. The number of carbonyl (C=O) groups is 2. The number of amides is 1. The number of hydrogen-bond donors (Lipinski definition) is 0. The van der Waals surface area contributed by atoms with Crippen LogP contribution in [0.25, 0.3) is 0 Å². The quantitative estimate of drug-likeness (QED) is 0.752. The van der Waals surface area contributed by atoms with E-state index >= 15 is 0 Å². The lowest BCUT2D eigenvalue weighted by molar-refractivity contribution is -0.313. The van der Waals surface area contributed by atoms with Crippen molar-refractivity contribution in [1.29, 1.82) is 0 Å². The van der Waals surface area contributed by atoms with Crippen LogP contribution in [0.15, 0.2) is 36.4 Å². The van der Waals surface area contributed by atoms with Crippen molar-refractivity contribution in [3.63, 3.8) is 0 Å². The third-order valence-corrected chi connectivity index (χ3v) is 5.03. The first-order chi connectivity index (χ1) is 10.6. The van der Waals surface area contributed by atoms with E-state index < -0.39 is 29.5 Å². The molecule has 0 aliphatic carbocycles. The smallest absolute Gasteiger partial charge is 0.234 e. The summed E-state index contributed by atoms with van der Waals surface area (Å²) in [5, 5.41) is 11.4. The summed E-state index contributed by atoms with van der Waals surface area (Å²) in [6, 6.07) is 7.77. The number of ether oxygens (including phenoxy) is 1. The minimum atomic E-state index is -1.21. The van der Waals surface area contributed by atoms with Gasteiger partial charge in [-0.15, -0.1) is 0 Å². The van der Waals surface area contributed by atoms with Crippen molar-refractivity contribution in [2.45, 2.75) is 25.0 Å². The maximum Gasteiger partial charge on any atom is 0.234 e. The molecule has 5 heteroatoms. The lowest BCUT2D eigenvalue weighted by Crippen LogP contribution is -2.45. The fraction of sp³-hybridized carbons (Fsp3) is 0.412. The number of fused-ring (bicyclic) bond motifs is 1. The minimum absolute atomic E-state index is 0.190. The van der Waals surface area contributed by atoms with Crippen LogP contribution in [0, 0.1) is 11.8 Å². The summed E-state index contributed by atoms with van der Waals surface area (Å²) in [5.41, 5.74) is 1.16. The highest BCUT2D eigenvalue weighted by Gasteiger charge is 2.65. The fourth-order valence-corrected chi connectivity index (χ4v) is 3.90. The van der Waals surface area contributed by atoms with E-state index in [1.54, 1.807) is 11.0 Å². The van der Waals surface area contributed by atoms with Crippen LogP contribution in [0.4, 0.5) is 5.69 Å². The van der Waals surface area contributed by atoms with E-state index in [9.17, 15) is 14.7 Å². The summed E-state index contributed by atoms with van der Waals surface area (Å²) in [7, 11) is 0. The van der Waals surface area contributed by atoms with Crippen LogP contribution < -0.4 is 10.0 Å². The van der Waals surface area contributed by atoms with Gasteiger partial charge in [0.15, 0.2) is 0 Å². The Hall–Kier alpha value is -2.14. The Morgan fingerprint density at radius 2 is 2.14 bits per heavy atom. The zero-order valence-electron chi connectivity index (χ0n) is 12.2. The molecular weight excluding hydrogens is 282 g/mol. The maximum atomic E-state index is 12.8. The minimum Gasteiger partial charge on any atom is -0.550 e. The monoisotopic (exact) mass is 298 g/mol. The molecule has 1 spiro atoms. The highest BCUT2D eigenvalue weighted by molar-refractivity contribution is 6.02. The molecule has 0 N–H and O–H groups in total. The average molecular weight is 298 g/mol. The Morgan fingerprint density at radius 1 is 1.41 bits per heavy atom. The van der Waals surface area contributed by atoms with Gasteiger partial charge < -0.3 is 19.5 Å². The van der Waals surface area contributed by atoms with Crippen LogP contribution in [-0.4, -0.2) is 30.1 Å². The molecule has 3 aliphatic heterocycles. The van der Waals surface area contributed by atoms with Gasteiger partial charge in [0, 0.05) is 17.6 Å². The first kappa shape index (κ1) is 13.5. The van der Waals surface area contributed by atoms with E-state index in [0.29, 0.717) is 6.54 Å². The van der Waals surface area contributed by atoms with Gasteiger partial charge in [-0.3, -0.25) is 4.79 Å². The summed E-state index contributed by atoms with van der Waals surface area (Å²) in [6.07, 6.45) is 3.98. The molecule has 3 aliphatic rings. The number of benzene rings is 1. The number of anilines is 1. The summed E-state index contributed by atoms with van der Waals surface area (Å²) in [6.45, 7) is 2.43. The number of hydrogen-bond acceptors (Lipinski definition) is 4. The van der Waals surface area contributed by atoms with E-state index in [1.807, 2.05) is 30.3 Å². The van der Waals surface area contributed by atoms with Gasteiger partial charge in [-0.2, -0.15) is 0 Å². The van der Waals surface area contributed by atoms with Crippen molar-refractivity contribution >= 4 is 17.6 Å². The molecule has 4 rings (SSSR count). The number of carboxylic acids is 1. The van der Waals surface area contributed by atoms with E-state index in [0.717, 1.165) is 12.1 Å². The Morgan fingerprint density at radius 3 is 2.77 bits per heavy atom. The normalized spacial score (nSPS) is 35.2. The SMILES string of the molecule is CCc1ccc(N2C[C@@]34C=C[C@H](O3)[C@H](C(=O)[O-])[C@H]4C2=O)cc1. The number of carbonyl (C=O) groups excluding carboxylic acids is 2. The van der Waals surface area contributed by atoms with E-state index in [2.05, 4.69) is 6.92 Å². The number of nitrogens with zero attached hydrogens (tertiary/aromatic N) is 1. The average Bonchev–Trinajstić information content (AvgIpc) is 3.15. The third kappa shape index (κ3) is 1.63. The molecule has 0 radical (unpaired) electrons. The second-order valence-electron chi connectivity index (χ2n) is 6.16. The highest BCUT2D eigenvalue weighted by atomic mass is 16.5. The van der Waals surface area contributed by atoms with Gasteiger partial charge in [-0.1, -0.05) is 31.2 Å². The van der Waals surface area contributed by atoms with Crippen LogP contribution in [0.5, 0.6) is 0 Å². The topological polar surface area (TPSA) is 69.7 Å². The molecule has 1 aromatic rings. The Kier molecular flexibility index (Phi) is 2.72. The molecular formula is C17H16NO4-. The van der Waals surface area contributed by atoms with Crippen molar-refractivity contribution in [2.75, 3.05) is 11.4 Å². The first-order valence-corrected chi connectivity index (χ1v) is 7.54. The first-order valence-electron chi connectivity index (χ1n) is 7.54. The molecule has 5 nitrogen and oxygen atoms in total. The van der Waals surface area contributed by atoms with Crippen molar-refractivity contribution in [2.24, 2.45) is 11.8 Å². The third-order valence-electron chi connectivity index (χ3n) is 5.03. The second-order valence-corrected chi connectivity index (χ2v) is 6.16. The van der Waals surface area contributed by atoms with Gasteiger partial charge in [-0.05, 0) is 24.1 Å². The van der Waals surface area contributed by atoms with Crippen LogP contribution in [0.3, 0.4) is 0 Å². The molecule has 22 heavy (non-hydrogen) atoms. The van der Waals surface area contributed by atoms with Crippen molar-refractivity contribution in [3.05, 3.63) is 42.0 Å². The van der Waals surface area contributed by atoms with Gasteiger partial charge in [0.25, 0.3) is 0 Å². The van der Waals surface area contributed by atoms with Gasteiger partial charge >= 0.3 is 0 Å². The molecule has 2 bridgehead atoms. The zero-order chi connectivity index (χ0) is 15.5. The molecule has 0 saturated carbocycles. The van der Waals surface area contributed by atoms with Crippen LogP contribution in [0.2, 0.25) is 0 Å². The number of aryl methyl sites for hydroxylation is 1. The molecule has 3 heterocycles. The predicted molar refractivity (Wildman–Crippen MR) is 76.9 cm³/mol. The van der Waals surface area contributed by atoms with Crippen molar-refractivity contribution in [1.82, 2.24) is 0 Å². The Balaban J connectivity index is 1.70. The maximum absolute atomic E-state index is 12.8. The number of rotatable bonds is 3. The summed E-state index contributed by atoms with van der Waals surface area (Å²) < 4.78 is 5.83. The predicted octanol–water partition coefficient (Wildman–Crippen LogP) is 0.285. The van der Waals surface area contributed by atoms with E-state index in [-0.39, 0.29) is 5.91 Å². The molecule has 1 aromatic carbocycles. The zero-order valence-corrected chi connectivity index (χ0v) is 12.2. The lowest BCUT2D eigenvalue weighted by Gasteiger charge is -2.24. The molecule has 2 saturated heterocycles. The number of aliphatic carboxylic acids is 1. The highest BCUT2D eigenvalue weighted by Crippen LogP contribution is 2.52. The fourth-order valence-electron chi connectivity index (χ4n) is 3.90. The molecule has 114 valence electrons. The summed E-state index contributed by atoms with van der Waals surface area (Å²) >= 11 is 0. The molecule has 4 atom stereocenters. The van der Waals surface area contributed by atoms with E-state index in [4.69, 9.17) is 4.74 Å². The van der Waals surface area contributed by atoms with E-state index in [1.165, 1.54) is 5.56 Å². The second kappa shape index (κ2) is 4.43. The van der Waals surface area contributed by atoms with Crippen molar-refractivity contribution in [3.8, 4) is 0 Å². The Labute approximate surface area is 128 Å². The molecule has 0 aromatic heterocycles. The van der Waals surface area contributed by atoms with Crippen LogP contribution in [0.1, 0.15) is 12.5 Å². The van der Waals surface area contributed by atoms with Crippen LogP contribution >= 0.6 is 0 Å². The Bertz CT molecular complexity index is 680. The van der Waals surface area contributed by atoms with Gasteiger partial charge in [-0.25, -0.2) is 0 Å². The lowest BCUT2D eigenvalue weighted by atomic mass is 9.77.